The summed E-state index contributed by atoms with van der Waals surface area (Å²) in [6, 6.07) is 4.44. The van der Waals surface area contributed by atoms with E-state index in [4.69, 9.17) is 0 Å². The van der Waals surface area contributed by atoms with Crippen molar-refractivity contribution >= 4 is 5.69 Å². The van der Waals surface area contributed by atoms with Gasteiger partial charge in [0.2, 0.25) is 0 Å². The predicted molar refractivity (Wildman–Crippen MR) is 80.9 cm³/mol. The summed E-state index contributed by atoms with van der Waals surface area (Å²) in [6.45, 7) is 6.75. The van der Waals surface area contributed by atoms with Crippen molar-refractivity contribution in [2.45, 2.75) is 46.1 Å². The van der Waals surface area contributed by atoms with Gasteiger partial charge in [-0.05, 0) is 30.9 Å². The predicted octanol–water partition coefficient (Wildman–Crippen LogP) is 3.29. The Hall–Kier alpha value is -1.91. The number of hydrogen-bond acceptors (Lipinski definition) is 4. The minimum atomic E-state index is 0.455. The Morgan fingerprint density at radius 2 is 2.15 bits per heavy atom. The number of hydrogen-bond donors (Lipinski definition) is 1. The van der Waals surface area contributed by atoms with E-state index in [2.05, 4.69) is 41.2 Å². The van der Waals surface area contributed by atoms with Gasteiger partial charge in [0.1, 0.15) is 12.7 Å². The van der Waals surface area contributed by atoms with Crippen LogP contribution in [0.2, 0.25) is 0 Å². The minimum absolute atomic E-state index is 0.455. The van der Waals surface area contributed by atoms with E-state index in [1.807, 2.05) is 12.1 Å². The van der Waals surface area contributed by atoms with Crippen LogP contribution in [-0.4, -0.2) is 25.8 Å². The highest BCUT2D eigenvalue weighted by Gasteiger charge is 2.13. The van der Waals surface area contributed by atoms with Crippen molar-refractivity contribution < 1.29 is 0 Å². The molecule has 0 aliphatic carbocycles. The van der Waals surface area contributed by atoms with Gasteiger partial charge in [-0.25, -0.2) is 14.6 Å². The van der Waals surface area contributed by atoms with Crippen LogP contribution in [0.1, 0.15) is 40.0 Å². The van der Waals surface area contributed by atoms with Crippen molar-refractivity contribution in [3.05, 3.63) is 31.0 Å². The molecule has 0 amide bonds. The third-order valence-electron chi connectivity index (χ3n) is 3.66. The SMILES string of the molecule is CCC(C)CC(CC)Nc1cccnc1-n1cncn1. The van der Waals surface area contributed by atoms with Crippen molar-refractivity contribution in [3.8, 4) is 5.82 Å². The summed E-state index contributed by atoms with van der Waals surface area (Å²) >= 11 is 0. The molecule has 2 unspecified atom stereocenters. The van der Waals surface area contributed by atoms with Gasteiger partial charge in [0.25, 0.3) is 0 Å². The summed E-state index contributed by atoms with van der Waals surface area (Å²) in [4.78, 5) is 8.39. The second kappa shape index (κ2) is 7.03. The number of nitrogens with one attached hydrogen (secondary N) is 1. The van der Waals surface area contributed by atoms with Crippen LogP contribution in [0.15, 0.2) is 31.0 Å². The highest BCUT2D eigenvalue weighted by molar-refractivity contribution is 5.56. The molecule has 2 aromatic rings. The molecule has 0 saturated carbocycles. The highest BCUT2D eigenvalue weighted by Crippen LogP contribution is 2.21. The number of rotatable bonds is 7. The van der Waals surface area contributed by atoms with Gasteiger partial charge in [0, 0.05) is 12.2 Å². The van der Waals surface area contributed by atoms with Crippen LogP contribution in [0.4, 0.5) is 5.69 Å². The fourth-order valence-electron chi connectivity index (χ4n) is 2.21. The molecule has 5 nitrogen and oxygen atoms in total. The maximum absolute atomic E-state index is 4.41. The van der Waals surface area contributed by atoms with Gasteiger partial charge in [-0.3, -0.25) is 0 Å². The van der Waals surface area contributed by atoms with Crippen LogP contribution >= 0.6 is 0 Å². The van der Waals surface area contributed by atoms with Crippen LogP contribution < -0.4 is 5.32 Å². The lowest BCUT2D eigenvalue weighted by molar-refractivity contribution is 0.461. The Balaban J connectivity index is 2.16. The Morgan fingerprint density at radius 1 is 1.30 bits per heavy atom. The molecular weight excluding hydrogens is 250 g/mol. The van der Waals surface area contributed by atoms with E-state index in [-0.39, 0.29) is 0 Å². The normalized spacial score (nSPS) is 13.9. The number of pyridine rings is 1. The first-order valence-electron chi connectivity index (χ1n) is 7.31. The molecule has 2 aromatic heterocycles. The Kier molecular flexibility index (Phi) is 5.09. The lowest BCUT2D eigenvalue weighted by Gasteiger charge is -2.22. The molecule has 0 fully saturated rings. The Labute approximate surface area is 120 Å². The van der Waals surface area contributed by atoms with E-state index in [0.29, 0.717) is 6.04 Å². The minimum Gasteiger partial charge on any atom is -0.379 e. The molecule has 2 heterocycles. The average Bonchev–Trinajstić information content (AvgIpc) is 3.01. The zero-order valence-electron chi connectivity index (χ0n) is 12.5. The molecule has 20 heavy (non-hydrogen) atoms. The lowest BCUT2D eigenvalue weighted by atomic mass is 9.97. The molecule has 5 heteroatoms. The molecular formula is C15H23N5. The van der Waals surface area contributed by atoms with E-state index in [1.54, 1.807) is 17.2 Å². The zero-order chi connectivity index (χ0) is 14.4. The van der Waals surface area contributed by atoms with Gasteiger partial charge in [-0.2, -0.15) is 5.10 Å². The standard InChI is InChI=1S/C15H23N5/c1-4-12(3)9-13(5-2)19-14-7-6-8-17-15(14)20-11-16-10-18-20/h6-8,10-13,19H,4-5,9H2,1-3H3. The second-order valence-electron chi connectivity index (χ2n) is 5.21. The quantitative estimate of drug-likeness (QED) is 0.841. The second-order valence-corrected chi connectivity index (χ2v) is 5.21. The van der Waals surface area contributed by atoms with E-state index in [1.165, 1.54) is 19.2 Å². The smallest absolute Gasteiger partial charge is 0.178 e. The van der Waals surface area contributed by atoms with Gasteiger partial charge in [-0.1, -0.05) is 27.2 Å². The number of nitrogens with zero attached hydrogens (tertiary/aromatic N) is 4. The van der Waals surface area contributed by atoms with E-state index < -0.39 is 0 Å². The van der Waals surface area contributed by atoms with Crippen molar-refractivity contribution in [1.82, 2.24) is 19.7 Å². The zero-order valence-corrected chi connectivity index (χ0v) is 12.5. The summed E-state index contributed by atoms with van der Waals surface area (Å²) in [7, 11) is 0. The Morgan fingerprint density at radius 3 is 2.80 bits per heavy atom. The van der Waals surface area contributed by atoms with Gasteiger partial charge < -0.3 is 5.32 Å². The summed E-state index contributed by atoms with van der Waals surface area (Å²) in [5, 5.41) is 7.76. The molecule has 0 radical (unpaired) electrons. The first-order chi connectivity index (χ1) is 9.74. The van der Waals surface area contributed by atoms with Crippen LogP contribution in [-0.2, 0) is 0 Å². The number of aromatic nitrogens is 4. The molecule has 0 aliphatic rings. The monoisotopic (exact) mass is 273 g/mol. The van der Waals surface area contributed by atoms with Gasteiger partial charge in [-0.15, -0.1) is 0 Å². The maximum Gasteiger partial charge on any atom is 0.178 e. The first kappa shape index (κ1) is 14.5. The fourth-order valence-corrected chi connectivity index (χ4v) is 2.21. The summed E-state index contributed by atoms with van der Waals surface area (Å²) < 4.78 is 1.69. The van der Waals surface area contributed by atoms with Crippen LogP contribution in [0, 0.1) is 5.92 Å². The molecule has 1 N–H and O–H groups in total. The van der Waals surface area contributed by atoms with Crippen LogP contribution in [0.3, 0.4) is 0 Å². The van der Waals surface area contributed by atoms with Gasteiger partial charge in [0.15, 0.2) is 5.82 Å². The van der Waals surface area contributed by atoms with Crippen molar-refractivity contribution in [2.24, 2.45) is 5.92 Å². The summed E-state index contributed by atoms with van der Waals surface area (Å²) in [6.07, 6.45) is 8.44. The van der Waals surface area contributed by atoms with Crippen molar-refractivity contribution in [2.75, 3.05) is 5.32 Å². The van der Waals surface area contributed by atoms with Crippen LogP contribution in [0.5, 0.6) is 0 Å². The molecule has 0 aromatic carbocycles. The van der Waals surface area contributed by atoms with Crippen molar-refractivity contribution in [1.29, 1.82) is 0 Å². The first-order valence-corrected chi connectivity index (χ1v) is 7.31. The summed E-state index contributed by atoms with van der Waals surface area (Å²) in [5.74, 6) is 1.52. The third kappa shape index (κ3) is 3.56. The molecule has 108 valence electrons. The van der Waals surface area contributed by atoms with E-state index >= 15 is 0 Å². The average molecular weight is 273 g/mol. The Bertz CT molecular complexity index is 509. The lowest BCUT2D eigenvalue weighted by Crippen LogP contribution is -2.22. The highest BCUT2D eigenvalue weighted by atomic mass is 15.3. The molecule has 0 spiro atoms. The van der Waals surface area contributed by atoms with E-state index in [9.17, 15) is 0 Å². The number of anilines is 1. The molecule has 2 rings (SSSR count). The molecule has 0 saturated heterocycles. The topological polar surface area (TPSA) is 55.6 Å². The summed E-state index contributed by atoms with van der Waals surface area (Å²) in [5.41, 5.74) is 1.01. The largest absolute Gasteiger partial charge is 0.379 e. The van der Waals surface area contributed by atoms with E-state index in [0.717, 1.165) is 23.8 Å². The maximum atomic E-state index is 4.41. The van der Waals surface area contributed by atoms with Gasteiger partial charge in [0.05, 0.1) is 5.69 Å². The molecule has 0 aliphatic heterocycles. The molecule has 2 atom stereocenters. The van der Waals surface area contributed by atoms with Crippen molar-refractivity contribution in [3.63, 3.8) is 0 Å². The van der Waals surface area contributed by atoms with Gasteiger partial charge >= 0.3 is 0 Å². The third-order valence-corrected chi connectivity index (χ3v) is 3.66. The van der Waals surface area contributed by atoms with Crippen LogP contribution in [0.25, 0.3) is 5.82 Å². The molecule has 0 bridgehead atoms. The fraction of sp³-hybridized carbons (Fsp3) is 0.533.